The molecule has 1 aliphatic rings. The molecule has 2 aromatic rings. The number of allylic oxidation sites excluding steroid dienone is 1. The topological polar surface area (TPSA) is 26.3 Å². The van der Waals surface area contributed by atoms with Crippen LogP contribution in [0.25, 0.3) is 10.8 Å². The zero-order valence-electron chi connectivity index (χ0n) is 11.6. The molecule has 0 amide bonds. The second-order valence-corrected chi connectivity index (χ2v) is 5.34. The van der Waals surface area contributed by atoms with Crippen molar-refractivity contribution in [2.75, 3.05) is 0 Å². The number of ether oxygens (including phenoxy) is 1. The number of carbonyl (C=O) groups excluding carboxylic acids is 1. The first-order valence-corrected chi connectivity index (χ1v) is 7.06. The first-order valence-electron chi connectivity index (χ1n) is 7.06. The van der Waals surface area contributed by atoms with E-state index in [0.29, 0.717) is 11.7 Å². The molecule has 2 nitrogen and oxygen atoms in total. The van der Waals surface area contributed by atoms with Crippen molar-refractivity contribution in [3.8, 4) is 5.75 Å². The van der Waals surface area contributed by atoms with Gasteiger partial charge in [0.2, 0.25) is 0 Å². The van der Waals surface area contributed by atoms with Gasteiger partial charge in [-0.25, -0.2) is 4.79 Å². The van der Waals surface area contributed by atoms with Gasteiger partial charge >= 0.3 is 5.97 Å². The quantitative estimate of drug-likeness (QED) is 0.598. The summed E-state index contributed by atoms with van der Waals surface area (Å²) in [5, 5.41) is 1.89. The molecule has 0 bridgehead atoms. The van der Waals surface area contributed by atoms with Crippen LogP contribution in [0.4, 0.5) is 0 Å². The third kappa shape index (κ3) is 2.60. The first-order chi connectivity index (χ1) is 9.74. The zero-order valence-corrected chi connectivity index (χ0v) is 11.6. The molecule has 0 spiro atoms. The monoisotopic (exact) mass is 265 g/mol. The van der Waals surface area contributed by atoms with Crippen LogP contribution in [0.3, 0.4) is 0 Å². The van der Waals surface area contributed by atoms with E-state index in [1.165, 1.54) is 0 Å². The van der Waals surface area contributed by atoms with Gasteiger partial charge in [0.15, 0.2) is 0 Å². The van der Waals surface area contributed by atoms with E-state index in [1.54, 1.807) is 0 Å². The molecule has 0 saturated carbocycles. The summed E-state index contributed by atoms with van der Waals surface area (Å²) in [7, 11) is 0. The molecule has 2 heteroatoms. The van der Waals surface area contributed by atoms with E-state index in [4.69, 9.17) is 4.74 Å². The number of benzene rings is 2. The highest BCUT2D eigenvalue weighted by atomic mass is 16.5. The Kier molecular flexibility index (Phi) is 3.55. The fraction of sp³-hybridized carbons (Fsp3) is 0.278. The van der Waals surface area contributed by atoms with E-state index in [-0.39, 0.29) is 5.97 Å². The molecule has 0 saturated heterocycles. The minimum absolute atomic E-state index is 0.221. The smallest absolute Gasteiger partial charge is 0.339 e. The van der Waals surface area contributed by atoms with Gasteiger partial charge in [0.25, 0.3) is 0 Å². The predicted octanol–water partition coefficient (Wildman–Crippen LogP) is 4.29. The summed E-state index contributed by atoms with van der Waals surface area (Å²) in [5.41, 5.74) is 0.802. The van der Waals surface area contributed by atoms with Crippen LogP contribution in [-0.2, 0) is 4.79 Å². The van der Waals surface area contributed by atoms with Crippen LogP contribution in [-0.4, -0.2) is 5.97 Å². The van der Waals surface area contributed by atoms with Crippen LogP contribution in [0, 0.1) is 12.0 Å². The van der Waals surface area contributed by atoms with E-state index in [2.05, 4.69) is 13.0 Å². The lowest BCUT2D eigenvalue weighted by Crippen LogP contribution is -2.15. The molecule has 1 unspecified atom stereocenters. The van der Waals surface area contributed by atoms with Gasteiger partial charge in [-0.15, -0.1) is 0 Å². The Balaban J connectivity index is 1.88. The molecule has 2 aromatic carbocycles. The fourth-order valence-corrected chi connectivity index (χ4v) is 2.67. The highest BCUT2D eigenvalue weighted by molar-refractivity contribution is 5.94. The summed E-state index contributed by atoms with van der Waals surface area (Å²) in [4.78, 5) is 12.3. The van der Waals surface area contributed by atoms with Crippen LogP contribution >= 0.6 is 0 Å². The minimum atomic E-state index is -0.221. The number of fused-ring (bicyclic) bond motifs is 1. The Bertz CT molecular complexity index is 665. The maximum Gasteiger partial charge on any atom is 0.339 e. The molecule has 1 aliphatic carbocycles. The molecule has 0 fully saturated rings. The number of rotatable bonds is 2. The fourth-order valence-electron chi connectivity index (χ4n) is 2.67. The van der Waals surface area contributed by atoms with Crippen molar-refractivity contribution >= 4 is 16.7 Å². The Morgan fingerprint density at radius 1 is 1.30 bits per heavy atom. The largest absolute Gasteiger partial charge is 0.422 e. The molecule has 101 valence electrons. The summed E-state index contributed by atoms with van der Waals surface area (Å²) >= 11 is 0. The lowest BCUT2D eigenvalue weighted by Gasteiger charge is -2.17. The summed E-state index contributed by atoms with van der Waals surface area (Å²) in [6.07, 6.45) is 5.07. The van der Waals surface area contributed by atoms with Gasteiger partial charge in [-0.1, -0.05) is 43.3 Å². The average molecular weight is 265 g/mol. The zero-order chi connectivity index (χ0) is 13.9. The molecule has 1 radical (unpaired) electrons. The van der Waals surface area contributed by atoms with Gasteiger partial charge in [-0.05, 0) is 42.7 Å². The summed E-state index contributed by atoms with van der Waals surface area (Å²) < 4.78 is 5.58. The third-order valence-corrected chi connectivity index (χ3v) is 3.71. The SMILES string of the molecule is CC1C=C(C(=O)Oc2cccc3ccc[c]c23)CCC1. The maximum absolute atomic E-state index is 12.3. The molecular weight excluding hydrogens is 248 g/mol. The van der Waals surface area contributed by atoms with E-state index in [0.717, 1.165) is 35.6 Å². The van der Waals surface area contributed by atoms with Crippen LogP contribution in [0.5, 0.6) is 5.75 Å². The average Bonchev–Trinajstić information content (AvgIpc) is 2.47. The summed E-state index contributed by atoms with van der Waals surface area (Å²) in [6, 6.07) is 14.6. The molecule has 0 aliphatic heterocycles. The normalized spacial score (nSPS) is 18.6. The number of hydrogen-bond acceptors (Lipinski definition) is 2. The molecule has 3 rings (SSSR count). The van der Waals surface area contributed by atoms with Crippen molar-refractivity contribution < 1.29 is 9.53 Å². The van der Waals surface area contributed by atoms with Gasteiger partial charge in [0.05, 0.1) is 0 Å². The third-order valence-electron chi connectivity index (χ3n) is 3.71. The number of esters is 1. The minimum Gasteiger partial charge on any atom is -0.422 e. The number of hydrogen-bond donors (Lipinski definition) is 0. The van der Waals surface area contributed by atoms with Crippen molar-refractivity contribution in [2.24, 2.45) is 5.92 Å². The van der Waals surface area contributed by atoms with Crippen molar-refractivity contribution in [3.63, 3.8) is 0 Å². The summed E-state index contributed by atoms with van der Waals surface area (Å²) in [6.45, 7) is 2.14. The maximum atomic E-state index is 12.3. The van der Waals surface area contributed by atoms with Crippen LogP contribution in [0.15, 0.2) is 48.0 Å². The Hall–Kier alpha value is -2.09. The Morgan fingerprint density at radius 2 is 2.15 bits per heavy atom. The van der Waals surface area contributed by atoms with Gasteiger partial charge < -0.3 is 4.74 Å². The Morgan fingerprint density at radius 3 is 3.00 bits per heavy atom. The molecule has 20 heavy (non-hydrogen) atoms. The lowest BCUT2D eigenvalue weighted by molar-refractivity contribution is -0.130. The standard InChI is InChI=1S/C18H17O2/c1-13-6-4-9-15(12-13)18(19)20-17-11-5-8-14-7-2-3-10-16(14)17/h2-3,5,7-8,11-13H,4,6,9H2,1H3. The van der Waals surface area contributed by atoms with Crippen LogP contribution in [0.2, 0.25) is 0 Å². The number of carbonyl (C=O) groups is 1. The van der Waals surface area contributed by atoms with Gasteiger partial charge in [-0.2, -0.15) is 0 Å². The van der Waals surface area contributed by atoms with E-state index < -0.39 is 0 Å². The van der Waals surface area contributed by atoms with E-state index in [9.17, 15) is 4.79 Å². The summed E-state index contributed by atoms with van der Waals surface area (Å²) in [5.74, 6) is 0.832. The first kappa shape index (κ1) is 12.9. The highest BCUT2D eigenvalue weighted by Gasteiger charge is 2.18. The second kappa shape index (κ2) is 5.49. The molecule has 0 aromatic heterocycles. The van der Waals surface area contributed by atoms with Crippen molar-refractivity contribution in [2.45, 2.75) is 26.2 Å². The van der Waals surface area contributed by atoms with Crippen LogP contribution in [0.1, 0.15) is 26.2 Å². The molecule has 0 N–H and O–H groups in total. The molecular formula is C18H17O2. The lowest BCUT2D eigenvalue weighted by atomic mass is 9.92. The van der Waals surface area contributed by atoms with Gasteiger partial charge in [0, 0.05) is 11.0 Å². The van der Waals surface area contributed by atoms with Crippen molar-refractivity contribution in [1.82, 2.24) is 0 Å². The Labute approximate surface area is 119 Å². The van der Waals surface area contributed by atoms with Crippen molar-refractivity contribution in [1.29, 1.82) is 0 Å². The van der Waals surface area contributed by atoms with E-state index >= 15 is 0 Å². The van der Waals surface area contributed by atoms with E-state index in [1.807, 2.05) is 42.5 Å². The second-order valence-electron chi connectivity index (χ2n) is 5.34. The van der Waals surface area contributed by atoms with Crippen molar-refractivity contribution in [3.05, 3.63) is 54.1 Å². The predicted molar refractivity (Wildman–Crippen MR) is 79.5 cm³/mol. The van der Waals surface area contributed by atoms with Gasteiger partial charge in [-0.3, -0.25) is 0 Å². The van der Waals surface area contributed by atoms with Gasteiger partial charge in [0.1, 0.15) is 5.75 Å². The molecule has 0 heterocycles. The van der Waals surface area contributed by atoms with Crippen LogP contribution < -0.4 is 4.74 Å². The molecule has 1 atom stereocenters. The highest BCUT2D eigenvalue weighted by Crippen LogP contribution is 2.28.